The second-order valence-corrected chi connectivity index (χ2v) is 7.35. The molecule has 0 saturated carbocycles. The summed E-state index contributed by atoms with van der Waals surface area (Å²) in [5.41, 5.74) is 0.611. The molecule has 0 aromatic heterocycles. The van der Waals surface area contributed by atoms with Crippen LogP contribution in [0.3, 0.4) is 0 Å². The van der Waals surface area contributed by atoms with E-state index >= 15 is 0 Å². The zero-order chi connectivity index (χ0) is 19.8. The van der Waals surface area contributed by atoms with Gasteiger partial charge in [-0.15, -0.1) is 0 Å². The van der Waals surface area contributed by atoms with Crippen molar-refractivity contribution in [2.75, 3.05) is 13.2 Å². The Morgan fingerprint density at radius 2 is 1.23 bits per heavy atom. The number of hydrogen-bond donors (Lipinski definition) is 2. The lowest BCUT2D eigenvalue weighted by Gasteiger charge is -2.30. The number of hydrogen-bond acceptors (Lipinski definition) is 4. The average molecular weight is 364 g/mol. The first kappa shape index (κ1) is 21.8. The summed E-state index contributed by atoms with van der Waals surface area (Å²) in [4.78, 5) is 23.8. The first-order valence-electron chi connectivity index (χ1n) is 9.13. The highest BCUT2D eigenvalue weighted by molar-refractivity contribution is 5.69. The molecule has 0 bridgehead atoms. The minimum absolute atomic E-state index is 0.388. The quantitative estimate of drug-likeness (QED) is 0.715. The van der Waals surface area contributed by atoms with Gasteiger partial charge in [-0.1, -0.05) is 38.1 Å². The molecule has 0 aliphatic carbocycles. The van der Waals surface area contributed by atoms with E-state index in [2.05, 4.69) is 10.6 Å². The van der Waals surface area contributed by atoms with Crippen LogP contribution in [0.5, 0.6) is 0 Å². The zero-order valence-corrected chi connectivity index (χ0v) is 16.8. The third-order valence-electron chi connectivity index (χ3n) is 4.01. The molecule has 146 valence electrons. The van der Waals surface area contributed by atoms with E-state index in [9.17, 15) is 9.59 Å². The summed E-state index contributed by atoms with van der Waals surface area (Å²) >= 11 is 0. The molecule has 2 N–H and O–H groups in total. The van der Waals surface area contributed by atoms with Gasteiger partial charge in [0.15, 0.2) is 0 Å². The lowest BCUT2D eigenvalue weighted by atomic mass is 9.87. The number of benzene rings is 1. The molecule has 0 heterocycles. The normalized spacial score (nSPS) is 11.6. The zero-order valence-electron chi connectivity index (χ0n) is 16.8. The van der Waals surface area contributed by atoms with Crippen molar-refractivity contribution in [3.05, 3.63) is 35.4 Å². The Bertz CT molecular complexity index is 562. The van der Waals surface area contributed by atoms with E-state index in [4.69, 9.17) is 9.47 Å². The molecule has 26 heavy (non-hydrogen) atoms. The highest BCUT2D eigenvalue weighted by Crippen LogP contribution is 2.26. The summed E-state index contributed by atoms with van der Waals surface area (Å²) in [5, 5.41) is 5.76. The van der Waals surface area contributed by atoms with Gasteiger partial charge in [0.2, 0.25) is 0 Å². The van der Waals surface area contributed by atoms with Crippen LogP contribution in [0.15, 0.2) is 24.3 Å². The number of carbonyl (C=O) groups excluding carboxylic acids is 2. The number of alkyl carbamates (subject to hydrolysis) is 2. The van der Waals surface area contributed by atoms with Crippen LogP contribution in [0.2, 0.25) is 0 Å². The second-order valence-electron chi connectivity index (χ2n) is 7.35. The molecule has 2 amide bonds. The van der Waals surface area contributed by atoms with Crippen LogP contribution in [0, 0.1) is 0 Å². The predicted molar refractivity (Wildman–Crippen MR) is 102 cm³/mol. The Morgan fingerprint density at radius 3 is 1.58 bits per heavy atom. The molecule has 0 aliphatic heterocycles. The third kappa shape index (κ3) is 6.58. The lowest BCUT2D eigenvalue weighted by molar-refractivity contribution is 0.135. The topological polar surface area (TPSA) is 76.7 Å². The van der Waals surface area contributed by atoms with Gasteiger partial charge in [-0.25, -0.2) is 9.59 Å². The minimum Gasteiger partial charge on any atom is -0.450 e. The van der Waals surface area contributed by atoms with E-state index < -0.39 is 23.3 Å². The van der Waals surface area contributed by atoms with E-state index in [1.165, 1.54) is 0 Å². The molecule has 1 rings (SSSR count). The van der Waals surface area contributed by atoms with Crippen LogP contribution < -0.4 is 10.6 Å². The van der Waals surface area contributed by atoms with Crippen molar-refractivity contribution in [2.45, 2.75) is 65.5 Å². The van der Waals surface area contributed by atoms with Gasteiger partial charge in [-0.3, -0.25) is 0 Å². The molecule has 1 aromatic carbocycles. The van der Waals surface area contributed by atoms with E-state index in [0.717, 1.165) is 24.0 Å². The van der Waals surface area contributed by atoms with Crippen LogP contribution in [0.4, 0.5) is 9.59 Å². The Balaban J connectivity index is 2.91. The summed E-state index contributed by atoms with van der Waals surface area (Å²) in [5.74, 6) is 0. The van der Waals surface area contributed by atoms with E-state index in [1.807, 2.05) is 65.8 Å². The molecule has 1 aromatic rings. The predicted octanol–water partition coefficient (Wildman–Crippen LogP) is 4.43. The summed E-state index contributed by atoms with van der Waals surface area (Å²) < 4.78 is 10.2. The highest BCUT2D eigenvalue weighted by Gasteiger charge is 2.28. The fraction of sp³-hybridized carbons (Fsp3) is 0.600. The van der Waals surface area contributed by atoms with Crippen molar-refractivity contribution in [1.82, 2.24) is 10.6 Å². The van der Waals surface area contributed by atoms with E-state index in [0.29, 0.717) is 13.2 Å². The van der Waals surface area contributed by atoms with Gasteiger partial charge in [0.1, 0.15) is 0 Å². The fourth-order valence-corrected chi connectivity index (χ4v) is 2.41. The molecule has 0 fully saturated rings. The molecule has 6 heteroatoms. The van der Waals surface area contributed by atoms with Crippen LogP contribution in [-0.2, 0) is 20.6 Å². The summed E-state index contributed by atoms with van der Waals surface area (Å²) in [6.07, 6.45) is 0.667. The molecule has 0 radical (unpaired) electrons. The molecule has 0 aliphatic rings. The van der Waals surface area contributed by atoms with Gasteiger partial charge in [-0.05, 0) is 51.7 Å². The Morgan fingerprint density at radius 1 is 0.846 bits per heavy atom. The smallest absolute Gasteiger partial charge is 0.407 e. The lowest BCUT2D eigenvalue weighted by Crippen LogP contribution is -2.43. The van der Waals surface area contributed by atoms with Crippen molar-refractivity contribution < 1.29 is 19.1 Å². The molecular formula is C20H32N2O4. The highest BCUT2D eigenvalue weighted by atomic mass is 16.6. The van der Waals surface area contributed by atoms with Crippen LogP contribution in [0.25, 0.3) is 0 Å². The SMILES string of the molecule is CCCOC(=O)NC(C)(C)c1cccc(C(C)(C)NC(=O)OCCC)c1. The van der Waals surface area contributed by atoms with Gasteiger partial charge in [0.25, 0.3) is 0 Å². The van der Waals surface area contributed by atoms with Crippen molar-refractivity contribution in [3.8, 4) is 0 Å². The van der Waals surface area contributed by atoms with Crippen LogP contribution >= 0.6 is 0 Å². The van der Waals surface area contributed by atoms with E-state index in [-0.39, 0.29) is 0 Å². The largest absolute Gasteiger partial charge is 0.450 e. The first-order chi connectivity index (χ1) is 12.1. The van der Waals surface area contributed by atoms with Crippen LogP contribution in [-0.4, -0.2) is 25.4 Å². The first-order valence-corrected chi connectivity index (χ1v) is 9.13. The molecule has 0 spiro atoms. The Labute approximate surface area is 156 Å². The standard InChI is InChI=1S/C20H32N2O4/c1-7-12-25-17(23)21-19(3,4)15-10-9-11-16(14-15)20(5,6)22-18(24)26-13-8-2/h9-11,14H,7-8,12-13H2,1-6H3,(H,21,23)(H,22,24). The van der Waals surface area contributed by atoms with Crippen molar-refractivity contribution in [1.29, 1.82) is 0 Å². The van der Waals surface area contributed by atoms with Gasteiger partial charge in [-0.2, -0.15) is 0 Å². The Kier molecular flexibility index (Phi) is 7.93. The molecule has 0 unspecified atom stereocenters. The van der Waals surface area contributed by atoms with Crippen LogP contribution in [0.1, 0.15) is 65.5 Å². The molecule has 0 atom stereocenters. The van der Waals surface area contributed by atoms with Gasteiger partial charge in [0.05, 0.1) is 24.3 Å². The maximum absolute atomic E-state index is 11.9. The third-order valence-corrected chi connectivity index (χ3v) is 4.01. The second kappa shape index (κ2) is 9.46. The maximum atomic E-state index is 11.9. The van der Waals surface area contributed by atoms with Gasteiger partial charge < -0.3 is 20.1 Å². The van der Waals surface area contributed by atoms with Gasteiger partial charge >= 0.3 is 12.2 Å². The van der Waals surface area contributed by atoms with Crippen molar-refractivity contribution in [3.63, 3.8) is 0 Å². The summed E-state index contributed by atoms with van der Waals surface area (Å²) in [6.45, 7) is 12.3. The molecular weight excluding hydrogens is 332 g/mol. The number of nitrogens with one attached hydrogen (secondary N) is 2. The minimum atomic E-state index is -0.611. The number of rotatable bonds is 8. The van der Waals surface area contributed by atoms with Gasteiger partial charge in [0, 0.05) is 0 Å². The number of ether oxygens (including phenoxy) is 2. The monoisotopic (exact) mass is 364 g/mol. The Hall–Kier alpha value is -2.24. The number of carbonyl (C=O) groups is 2. The molecule has 0 saturated heterocycles. The van der Waals surface area contributed by atoms with E-state index in [1.54, 1.807) is 0 Å². The summed E-state index contributed by atoms with van der Waals surface area (Å²) in [7, 11) is 0. The fourth-order valence-electron chi connectivity index (χ4n) is 2.41. The van der Waals surface area contributed by atoms with Crippen molar-refractivity contribution in [2.24, 2.45) is 0 Å². The summed E-state index contributed by atoms with van der Waals surface area (Å²) in [6, 6.07) is 7.76. The van der Waals surface area contributed by atoms with Crippen molar-refractivity contribution >= 4 is 12.2 Å². The number of amides is 2. The molecule has 6 nitrogen and oxygen atoms in total. The average Bonchev–Trinajstić information content (AvgIpc) is 2.57. The maximum Gasteiger partial charge on any atom is 0.407 e.